The van der Waals surface area contributed by atoms with Crippen LogP contribution in [-0.2, 0) is 4.79 Å². The molecule has 3 rings (SSSR count). The molecule has 0 saturated heterocycles. The molecule has 0 aromatic heterocycles. The maximum Gasteiger partial charge on any atom is 0.265 e. The summed E-state index contributed by atoms with van der Waals surface area (Å²) in [5.41, 5.74) is 1.53. The minimum absolute atomic E-state index is 0.0828. The van der Waals surface area contributed by atoms with Crippen molar-refractivity contribution in [2.75, 3.05) is 12.1 Å². The van der Waals surface area contributed by atoms with Gasteiger partial charge in [-0.25, -0.2) is 0 Å². The number of benzene rings is 2. The van der Waals surface area contributed by atoms with Gasteiger partial charge in [0.05, 0.1) is 5.69 Å². The fourth-order valence-corrected chi connectivity index (χ4v) is 2.79. The molecule has 136 valence electrons. The zero-order valence-electron chi connectivity index (χ0n) is 14.6. The van der Waals surface area contributed by atoms with Crippen LogP contribution in [0, 0.1) is 6.92 Å². The molecule has 6 nitrogen and oxygen atoms in total. The lowest BCUT2D eigenvalue weighted by atomic mass is 10.1. The molecule has 0 spiro atoms. The molecular formula is C19H18ClNO5. The molecule has 0 unspecified atom stereocenters. The van der Waals surface area contributed by atoms with Gasteiger partial charge >= 0.3 is 0 Å². The number of ketones is 1. The Morgan fingerprint density at radius 3 is 2.54 bits per heavy atom. The first-order valence-corrected chi connectivity index (χ1v) is 8.41. The molecule has 0 radical (unpaired) electrons. The van der Waals surface area contributed by atoms with Gasteiger partial charge < -0.3 is 19.5 Å². The van der Waals surface area contributed by atoms with Crippen molar-refractivity contribution in [3.8, 4) is 17.2 Å². The highest BCUT2D eigenvalue weighted by Crippen LogP contribution is 2.37. The topological polar surface area (TPSA) is 73.9 Å². The van der Waals surface area contributed by atoms with E-state index in [0.29, 0.717) is 33.5 Å². The predicted octanol–water partition coefficient (Wildman–Crippen LogP) is 3.99. The van der Waals surface area contributed by atoms with Crippen LogP contribution in [0.4, 0.5) is 5.69 Å². The molecule has 1 N–H and O–H groups in total. The van der Waals surface area contributed by atoms with Gasteiger partial charge in [0.15, 0.2) is 23.4 Å². The number of aryl methyl sites for hydroxylation is 1. The van der Waals surface area contributed by atoms with Crippen molar-refractivity contribution in [3.63, 3.8) is 0 Å². The molecule has 1 atom stereocenters. The van der Waals surface area contributed by atoms with E-state index in [-0.39, 0.29) is 18.5 Å². The molecule has 0 saturated carbocycles. The molecule has 2 aromatic carbocycles. The number of carbonyl (C=O) groups is 2. The molecule has 1 aliphatic rings. The normalized spacial score (nSPS) is 13.2. The van der Waals surface area contributed by atoms with Crippen LogP contribution in [0.3, 0.4) is 0 Å². The van der Waals surface area contributed by atoms with Crippen LogP contribution in [0.5, 0.6) is 17.2 Å². The first-order valence-electron chi connectivity index (χ1n) is 8.03. The van der Waals surface area contributed by atoms with E-state index in [4.69, 9.17) is 25.8 Å². The number of carbonyl (C=O) groups excluding carboxylic acids is 2. The molecule has 0 fully saturated rings. The number of ether oxygens (including phenoxy) is 3. The van der Waals surface area contributed by atoms with Crippen molar-refractivity contribution < 1.29 is 23.8 Å². The van der Waals surface area contributed by atoms with Gasteiger partial charge in [-0.05, 0) is 50.6 Å². The summed E-state index contributed by atoms with van der Waals surface area (Å²) in [5.74, 6) is 0.942. The van der Waals surface area contributed by atoms with Crippen LogP contribution >= 0.6 is 11.6 Å². The lowest BCUT2D eigenvalue weighted by Crippen LogP contribution is -2.30. The smallest absolute Gasteiger partial charge is 0.265 e. The Bertz CT molecular complexity index is 880. The fourth-order valence-electron chi connectivity index (χ4n) is 2.56. The fraction of sp³-hybridized carbons (Fsp3) is 0.263. The lowest BCUT2D eigenvalue weighted by Gasteiger charge is -2.17. The zero-order chi connectivity index (χ0) is 18.8. The monoisotopic (exact) mass is 375 g/mol. The highest BCUT2D eigenvalue weighted by atomic mass is 35.5. The van der Waals surface area contributed by atoms with Gasteiger partial charge in [0.2, 0.25) is 6.79 Å². The van der Waals surface area contributed by atoms with Crippen LogP contribution in [0.2, 0.25) is 5.02 Å². The van der Waals surface area contributed by atoms with E-state index < -0.39 is 6.10 Å². The number of nitrogens with one attached hydrogen (secondary N) is 1. The van der Waals surface area contributed by atoms with Crippen molar-refractivity contribution in [2.24, 2.45) is 0 Å². The average Bonchev–Trinajstić information content (AvgIpc) is 3.03. The third-order valence-corrected chi connectivity index (χ3v) is 4.19. The van der Waals surface area contributed by atoms with Gasteiger partial charge in [0.25, 0.3) is 5.91 Å². The number of fused-ring (bicyclic) bond motifs is 1. The molecule has 1 amide bonds. The van der Waals surface area contributed by atoms with Gasteiger partial charge in [-0.2, -0.15) is 0 Å². The Morgan fingerprint density at radius 2 is 1.88 bits per heavy atom. The van der Waals surface area contributed by atoms with E-state index in [9.17, 15) is 9.59 Å². The maximum atomic E-state index is 12.5. The average molecular weight is 376 g/mol. The van der Waals surface area contributed by atoms with Gasteiger partial charge in [-0.1, -0.05) is 11.6 Å². The van der Waals surface area contributed by atoms with Crippen LogP contribution in [0.1, 0.15) is 29.8 Å². The largest absolute Gasteiger partial charge is 0.481 e. The summed E-state index contributed by atoms with van der Waals surface area (Å²) in [5, 5.41) is 3.32. The molecule has 2 aromatic rings. The van der Waals surface area contributed by atoms with Crippen LogP contribution in [-0.4, -0.2) is 24.6 Å². The summed E-state index contributed by atoms with van der Waals surface area (Å²) in [6.45, 7) is 4.98. The predicted molar refractivity (Wildman–Crippen MR) is 97.5 cm³/mol. The molecule has 26 heavy (non-hydrogen) atoms. The lowest BCUT2D eigenvalue weighted by molar-refractivity contribution is -0.122. The van der Waals surface area contributed by atoms with Crippen LogP contribution < -0.4 is 19.5 Å². The SMILES string of the molecule is CC(=O)c1cc2c(cc1NC(=O)[C@@H](C)Oc1ccc(Cl)cc1C)OCO2. The number of rotatable bonds is 5. The van der Waals surface area contributed by atoms with Gasteiger partial charge in [-0.15, -0.1) is 0 Å². The van der Waals surface area contributed by atoms with Gasteiger partial charge in [-0.3, -0.25) is 9.59 Å². The minimum atomic E-state index is -0.778. The minimum Gasteiger partial charge on any atom is -0.481 e. The third-order valence-electron chi connectivity index (χ3n) is 3.96. The number of amides is 1. The molecule has 1 heterocycles. The van der Waals surface area contributed by atoms with E-state index in [0.717, 1.165) is 5.56 Å². The second-order valence-electron chi connectivity index (χ2n) is 5.97. The summed E-state index contributed by atoms with van der Waals surface area (Å²) < 4.78 is 16.3. The Kier molecular flexibility index (Phi) is 5.04. The van der Waals surface area contributed by atoms with Crippen molar-refractivity contribution in [1.29, 1.82) is 0 Å². The Hall–Kier alpha value is -2.73. The molecular weight excluding hydrogens is 358 g/mol. The molecule has 1 aliphatic heterocycles. The maximum absolute atomic E-state index is 12.5. The van der Waals surface area contributed by atoms with Gasteiger partial charge in [0, 0.05) is 16.7 Å². The van der Waals surface area contributed by atoms with Gasteiger partial charge in [0.1, 0.15) is 5.75 Å². The van der Waals surface area contributed by atoms with Crippen LogP contribution in [0.25, 0.3) is 0 Å². The quantitative estimate of drug-likeness (QED) is 0.800. The summed E-state index contributed by atoms with van der Waals surface area (Å²) in [6, 6.07) is 8.31. The van der Waals surface area contributed by atoms with Crippen LogP contribution in [0.15, 0.2) is 30.3 Å². The number of halogens is 1. The van der Waals surface area contributed by atoms with E-state index >= 15 is 0 Å². The zero-order valence-corrected chi connectivity index (χ0v) is 15.3. The number of hydrogen-bond donors (Lipinski definition) is 1. The van der Waals surface area contributed by atoms with E-state index in [1.54, 1.807) is 37.3 Å². The summed E-state index contributed by atoms with van der Waals surface area (Å²) in [4.78, 5) is 24.4. The summed E-state index contributed by atoms with van der Waals surface area (Å²) in [6.07, 6.45) is -0.778. The second kappa shape index (κ2) is 7.25. The third kappa shape index (κ3) is 3.75. The first kappa shape index (κ1) is 18.1. The Morgan fingerprint density at radius 1 is 1.19 bits per heavy atom. The number of Topliss-reactive ketones (excluding diaryl/α,β-unsaturated/α-hetero) is 1. The van der Waals surface area contributed by atoms with E-state index in [1.807, 2.05) is 6.92 Å². The van der Waals surface area contributed by atoms with E-state index in [2.05, 4.69) is 5.32 Å². The van der Waals surface area contributed by atoms with Crippen molar-refractivity contribution in [1.82, 2.24) is 0 Å². The highest BCUT2D eigenvalue weighted by molar-refractivity contribution is 6.30. The highest BCUT2D eigenvalue weighted by Gasteiger charge is 2.23. The van der Waals surface area contributed by atoms with Crippen molar-refractivity contribution >= 4 is 29.0 Å². The Labute approximate surface area is 156 Å². The van der Waals surface area contributed by atoms with Crippen molar-refractivity contribution in [3.05, 3.63) is 46.5 Å². The first-order chi connectivity index (χ1) is 12.3. The van der Waals surface area contributed by atoms with Crippen molar-refractivity contribution in [2.45, 2.75) is 26.9 Å². The van der Waals surface area contributed by atoms with E-state index in [1.165, 1.54) is 6.92 Å². The molecule has 0 aliphatic carbocycles. The second-order valence-corrected chi connectivity index (χ2v) is 6.40. The Balaban J connectivity index is 1.78. The summed E-state index contributed by atoms with van der Waals surface area (Å²) >= 11 is 5.93. The summed E-state index contributed by atoms with van der Waals surface area (Å²) in [7, 11) is 0. The molecule has 0 bridgehead atoms. The number of hydrogen-bond acceptors (Lipinski definition) is 5. The molecule has 7 heteroatoms. The number of anilines is 1. The standard InChI is InChI=1S/C19H18ClNO5/c1-10-6-13(20)4-5-16(10)26-12(3)19(23)21-15-8-18-17(24-9-25-18)7-14(15)11(2)22/h4-8,12H,9H2,1-3H3,(H,21,23)/t12-/m1/s1.